The molecule has 0 aromatic heterocycles. The largest absolute Gasteiger partial charge is 0.451 e. The number of esters is 1. The molecular weight excluding hydrogens is 214 g/mol. The highest BCUT2D eigenvalue weighted by molar-refractivity contribution is 5.79. The Hall–Kier alpha value is -1.95. The first-order valence-electron chi connectivity index (χ1n) is 5.49. The molecule has 0 aliphatic carbocycles. The summed E-state index contributed by atoms with van der Waals surface area (Å²) in [5.74, 6) is 1.92. The Balaban J connectivity index is 2.68. The van der Waals surface area contributed by atoms with Crippen LogP contribution in [0.3, 0.4) is 0 Å². The number of rotatable bonds is 4. The van der Waals surface area contributed by atoms with Crippen molar-refractivity contribution < 1.29 is 9.53 Å². The van der Waals surface area contributed by atoms with Crippen molar-refractivity contribution in [1.29, 1.82) is 0 Å². The quantitative estimate of drug-likeness (QED) is 0.638. The third kappa shape index (κ3) is 3.53. The molecule has 0 amide bonds. The van der Waals surface area contributed by atoms with Crippen molar-refractivity contribution in [2.24, 2.45) is 0 Å². The zero-order valence-corrected chi connectivity index (χ0v) is 10.4. The van der Waals surface area contributed by atoms with Crippen LogP contribution in [0.2, 0.25) is 0 Å². The molecular formula is C14H17NO2. The first kappa shape index (κ1) is 13.1. The van der Waals surface area contributed by atoms with Crippen LogP contribution in [0.1, 0.15) is 18.1 Å². The molecule has 0 bridgehead atoms. The Bertz CT molecular complexity index is 446. The molecule has 90 valence electrons. The maximum Gasteiger partial charge on any atom is 0.329 e. The summed E-state index contributed by atoms with van der Waals surface area (Å²) < 4.78 is 4.86. The molecule has 0 saturated heterocycles. The first-order valence-corrected chi connectivity index (χ1v) is 5.49. The average molecular weight is 231 g/mol. The minimum atomic E-state index is -0.413. The number of benzene rings is 1. The Morgan fingerprint density at radius 2 is 2.24 bits per heavy atom. The van der Waals surface area contributed by atoms with E-state index in [1.165, 1.54) is 5.56 Å². The first-order chi connectivity index (χ1) is 8.06. The Morgan fingerprint density at radius 3 is 2.88 bits per heavy atom. The summed E-state index contributed by atoms with van der Waals surface area (Å²) >= 11 is 0. The van der Waals surface area contributed by atoms with Crippen LogP contribution in [-0.2, 0) is 9.53 Å². The van der Waals surface area contributed by atoms with E-state index >= 15 is 0 Å². The minimum Gasteiger partial charge on any atom is -0.451 e. The molecule has 3 heteroatoms. The van der Waals surface area contributed by atoms with E-state index in [1.54, 1.807) is 6.92 Å². The average Bonchev–Trinajstić information content (AvgIpc) is 2.31. The third-order valence-corrected chi connectivity index (χ3v) is 2.63. The van der Waals surface area contributed by atoms with Gasteiger partial charge in [0.05, 0.1) is 0 Å². The van der Waals surface area contributed by atoms with Crippen molar-refractivity contribution in [1.82, 2.24) is 0 Å². The van der Waals surface area contributed by atoms with Gasteiger partial charge in [-0.1, -0.05) is 18.1 Å². The van der Waals surface area contributed by atoms with Crippen LogP contribution in [0, 0.1) is 26.2 Å². The van der Waals surface area contributed by atoms with Gasteiger partial charge in [0.25, 0.3) is 0 Å². The number of carbonyl (C=O) groups excluding carboxylic acids is 1. The smallest absolute Gasteiger partial charge is 0.329 e. The number of terminal acetylenes is 1. The van der Waals surface area contributed by atoms with Gasteiger partial charge in [-0.2, -0.15) is 0 Å². The molecule has 0 spiro atoms. The number of hydrogen-bond acceptors (Lipinski definition) is 3. The van der Waals surface area contributed by atoms with E-state index in [4.69, 9.17) is 11.2 Å². The van der Waals surface area contributed by atoms with Crippen LogP contribution < -0.4 is 5.32 Å². The Labute approximate surface area is 102 Å². The van der Waals surface area contributed by atoms with Gasteiger partial charge in [-0.3, -0.25) is 0 Å². The molecule has 0 saturated carbocycles. The highest BCUT2D eigenvalue weighted by Crippen LogP contribution is 2.18. The fraction of sp³-hybridized carbons (Fsp3) is 0.357. The summed E-state index contributed by atoms with van der Waals surface area (Å²) in [5, 5.41) is 3.12. The molecule has 0 unspecified atom stereocenters. The molecule has 3 nitrogen and oxygen atoms in total. The van der Waals surface area contributed by atoms with E-state index in [-0.39, 0.29) is 12.6 Å². The zero-order valence-electron chi connectivity index (χ0n) is 10.4. The molecule has 1 rings (SSSR count). The Morgan fingerprint density at radius 1 is 1.53 bits per heavy atom. The fourth-order valence-corrected chi connectivity index (χ4v) is 1.44. The second-order valence-electron chi connectivity index (χ2n) is 3.93. The van der Waals surface area contributed by atoms with E-state index in [9.17, 15) is 4.79 Å². The molecule has 0 fully saturated rings. The molecule has 1 aromatic rings. The van der Waals surface area contributed by atoms with Gasteiger partial charge in [0.2, 0.25) is 0 Å². The van der Waals surface area contributed by atoms with Gasteiger partial charge in [-0.25, -0.2) is 4.79 Å². The predicted molar refractivity (Wildman–Crippen MR) is 68.8 cm³/mol. The molecule has 1 atom stereocenters. The lowest BCUT2D eigenvalue weighted by Gasteiger charge is -2.16. The van der Waals surface area contributed by atoms with Crippen LogP contribution in [0.15, 0.2) is 18.2 Å². The zero-order chi connectivity index (χ0) is 12.8. The second-order valence-corrected chi connectivity index (χ2v) is 3.93. The monoisotopic (exact) mass is 231 g/mol. The summed E-state index contributed by atoms with van der Waals surface area (Å²) in [7, 11) is 0. The predicted octanol–water partition coefficient (Wildman–Crippen LogP) is 2.28. The van der Waals surface area contributed by atoms with Crippen LogP contribution in [-0.4, -0.2) is 18.6 Å². The van der Waals surface area contributed by atoms with E-state index in [2.05, 4.69) is 11.2 Å². The number of anilines is 1. The van der Waals surface area contributed by atoms with Crippen molar-refractivity contribution in [3.8, 4) is 12.3 Å². The normalized spacial score (nSPS) is 11.4. The molecule has 0 radical (unpaired) electrons. The van der Waals surface area contributed by atoms with Gasteiger partial charge in [-0.15, -0.1) is 6.42 Å². The van der Waals surface area contributed by atoms with E-state index in [0.29, 0.717) is 0 Å². The number of aryl methyl sites for hydroxylation is 1. The molecule has 1 N–H and O–H groups in total. The summed E-state index contributed by atoms with van der Waals surface area (Å²) in [6, 6.07) is 5.50. The van der Waals surface area contributed by atoms with Crippen LogP contribution in [0.4, 0.5) is 5.69 Å². The molecule has 1 aromatic carbocycles. The van der Waals surface area contributed by atoms with Crippen LogP contribution >= 0.6 is 0 Å². The van der Waals surface area contributed by atoms with Gasteiger partial charge < -0.3 is 10.1 Å². The fourth-order valence-electron chi connectivity index (χ4n) is 1.44. The standard InChI is InChI=1S/C14H17NO2/c1-5-9-17-14(16)12(4)15-13-8-6-7-10(2)11(13)3/h1,6-8,12,15H,9H2,2-4H3/t12-/m0/s1. The topological polar surface area (TPSA) is 38.3 Å². The maximum absolute atomic E-state index is 11.5. The lowest BCUT2D eigenvalue weighted by atomic mass is 10.1. The number of hydrogen-bond donors (Lipinski definition) is 1. The summed E-state index contributed by atoms with van der Waals surface area (Å²) in [6.45, 7) is 5.80. The van der Waals surface area contributed by atoms with E-state index in [0.717, 1.165) is 11.3 Å². The molecule has 17 heavy (non-hydrogen) atoms. The van der Waals surface area contributed by atoms with Crippen LogP contribution in [0.5, 0.6) is 0 Å². The minimum absolute atomic E-state index is 0.0116. The van der Waals surface area contributed by atoms with Gasteiger partial charge >= 0.3 is 5.97 Å². The Kier molecular flexibility index (Phi) is 4.59. The molecule has 0 aliphatic heterocycles. The van der Waals surface area contributed by atoms with E-state index in [1.807, 2.05) is 32.0 Å². The van der Waals surface area contributed by atoms with Gasteiger partial charge in [0.1, 0.15) is 6.04 Å². The van der Waals surface area contributed by atoms with E-state index < -0.39 is 6.04 Å². The SMILES string of the molecule is C#CCOC(=O)[C@H](C)Nc1cccc(C)c1C. The lowest BCUT2D eigenvalue weighted by Crippen LogP contribution is -2.28. The van der Waals surface area contributed by atoms with Gasteiger partial charge in [0.15, 0.2) is 6.61 Å². The molecule has 0 heterocycles. The third-order valence-electron chi connectivity index (χ3n) is 2.63. The van der Waals surface area contributed by atoms with Crippen LogP contribution in [0.25, 0.3) is 0 Å². The highest BCUT2D eigenvalue weighted by atomic mass is 16.5. The van der Waals surface area contributed by atoms with Crippen molar-refractivity contribution >= 4 is 11.7 Å². The summed E-state index contributed by atoms with van der Waals surface area (Å²) in [6.07, 6.45) is 5.03. The second kappa shape index (κ2) is 5.95. The highest BCUT2D eigenvalue weighted by Gasteiger charge is 2.14. The van der Waals surface area contributed by atoms with Crippen molar-refractivity contribution in [2.45, 2.75) is 26.8 Å². The van der Waals surface area contributed by atoms with Gasteiger partial charge in [0, 0.05) is 5.69 Å². The van der Waals surface area contributed by atoms with Crippen molar-refractivity contribution in [2.75, 3.05) is 11.9 Å². The number of carbonyl (C=O) groups is 1. The number of nitrogens with one attached hydrogen (secondary N) is 1. The van der Waals surface area contributed by atoms with Crippen molar-refractivity contribution in [3.63, 3.8) is 0 Å². The lowest BCUT2D eigenvalue weighted by molar-refractivity contribution is -0.142. The summed E-state index contributed by atoms with van der Waals surface area (Å²) in [5.41, 5.74) is 3.25. The van der Waals surface area contributed by atoms with Gasteiger partial charge in [-0.05, 0) is 38.0 Å². The van der Waals surface area contributed by atoms with Crippen molar-refractivity contribution in [3.05, 3.63) is 29.3 Å². The number of ether oxygens (including phenoxy) is 1. The maximum atomic E-state index is 11.5. The summed E-state index contributed by atoms with van der Waals surface area (Å²) in [4.78, 5) is 11.5. The molecule has 0 aliphatic rings.